The first-order valence-electron chi connectivity index (χ1n) is 12.3. The monoisotopic (exact) mass is 574 g/mol. The lowest BCUT2D eigenvalue weighted by molar-refractivity contribution is -0.203. The molecule has 6 N–H and O–H groups in total. The average molecular weight is 575 g/mol. The minimum atomic E-state index is -2.90. The Bertz CT molecular complexity index is 1450. The molecule has 1 aliphatic heterocycles. The Hall–Kier alpha value is -4.49. The molecular weight excluding hydrogens is 544 g/mol. The van der Waals surface area contributed by atoms with Gasteiger partial charge in [-0.2, -0.15) is 0 Å². The number of amides is 2. The van der Waals surface area contributed by atoms with Crippen LogP contribution in [-0.2, 0) is 25.5 Å². The second-order valence-corrected chi connectivity index (χ2v) is 9.38. The van der Waals surface area contributed by atoms with Crippen molar-refractivity contribution in [2.45, 2.75) is 43.3 Å². The zero-order chi connectivity index (χ0) is 30.5. The Morgan fingerprint density at radius 2 is 1.80 bits per heavy atom. The summed E-state index contributed by atoms with van der Waals surface area (Å²) in [5.74, 6) is -1.87. The van der Waals surface area contributed by atoms with Gasteiger partial charge in [-0.25, -0.2) is 19.2 Å². The van der Waals surface area contributed by atoms with E-state index in [0.717, 1.165) is 19.7 Å². The van der Waals surface area contributed by atoms with Gasteiger partial charge in [0.2, 0.25) is 0 Å². The zero-order valence-corrected chi connectivity index (χ0v) is 22.2. The van der Waals surface area contributed by atoms with Crippen LogP contribution in [0.2, 0.25) is 0 Å². The van der Waals surface area contributed by atoms with Gasteiger partial charge < -0.3 is 35.2 Å². The molecule has 2 heterocycles. The van der Waals surface area contributed by atoms with Crippen molar-refractivity contribution in [1.82, 2.24) is 14.9 Å². The first-order chi connectivity index (χ1) is 19.3. The number of carboxylic acid groups (broad SMARTS) is 2. The number of hydrogen-bond donors (Lipinski definition) is 6. The van der Waals surface area contributed by atoms with E-state index in [1.54, 1.807) is 0 Å². The number of benzene rings is 1. The molecule has 1 aliphatic rings. The topological polar surface area (TPSA) is 221 Å². The summed E-state index contributed by atoms with van der Waals surface area (Å²) in [4.78, 5) is 64.0. The first kappa shape index (κ1) is 31.0. The minimum Gasteiger partial charge on any atom is -0.479 e. The SMILES string of the molecule is C#C[C@@](O)([C@@H](COC(Cc1ccc(N2CCCNC2=O)cc1)(C(=O)O)C(=O)O)OC)[C@@H](O)n1cc(C)c(=O)[nH]c1=O. The smallest absolute Gasteiger partial charge is 0.348 e. The molecule has 0 spiro atoms. The number of aromatic amines is 1. The number of aliphatic hydroxyl groups excluding tert-OH is 1. The van der Waals surface area contributed by atoms with Crippen LogP contribution in [0.4, 0.5) is 10.5 Å². The average Bonchev–Trinajstić information content (AvgIpc) is 2.94. The number of anilines is 1. The summed E-state index contributed by atoms with van der Waals surface area (Å²) in [6, 6.07) is 5.66. The van der Waals surface area contributed by atoms with Crippen LogP contribution in [0, 0.1) is 19.3 Å². The van der Waals surface area contributed by atoms with Crippen molar-refractivity contribution < 1.29 is 44.3 Å². The highest BCUT2D eigenvalue weighted by Crippen LogP contribution is 2.28. The van der Waals surface area contributed by atoms with Crippen molar-refractivity contribution in [2.75, 3.05) is 31.7 Å². The number of aliphatic hydroxyl groups is 2. The molecule has 0 saturated carbocycles. The van der Waals surface area contributed by atoms with Gasteiger partial charge >= 0.3 is 23.7 Å². The van der Waals surface area contributed by atoms with Gasteiger partial charge in [0, 0.05) is 44.1 Å². The molecule has 220 valence electrons. The van der Waals surface area contributed by atoms with Crippen molar-refractivity contribution in [2.24, 2.45) is 0 Å². The first-order valence-corrected chi connectivity index (χ1v) is 12.3. The number of carbonyl (C=O) groups excluding carboxylic acids is 1. The van der Waals surface area contributed by atoms with Crippen molar-refractivity contribution in [3.8, 4) is 12.3 Å². The number of terminal acetylenes is 1. The van der Waals surface area contributed by atoms with E-state index in [0.29, 0.717) is 23.3 Å². The van der Waals surface area contributed by atoms with E-state index in [4.69, 9.17) is 15.9 Å². The van der Waals surface area contributed by atoms with E-state index in [1.807, 2.05) is 10.9 Å². The maximum atomic E-state index is 12.3. The number of carbonyl (C=O) groups is 3. The van der Waals surface area contributed by atoms with Crippen molar-refractivity contribution >= 4 is 23.7 Å². The third-order valence-electron chi connectivity index (χ3n) is 6.76. The summed E-state index contributed by atoms with van der Waals surface area (Å²) in [7, 11) is 1.03. The highest BCUT2D eigenvalue weighted by Gasteiger charge is 2.51. The van der Waals surface area contributed by atoms with Crippen LogP contribution in [0.15, 0.2) is 40.1 Å². The molecule has 2 amide bonds. The molecule has 0 unspecified atom stereocenters. The number of ether oxygens (including phenoxy) is 2. The van der Waals surface area contributed by atoms with Gasteiger partial charge in [-0.05, 0) is 31.0 Å². The van der Waals surface area contributed by atoms with Crippen LogP contribution < -0.4 is 21.5 Å². The maximum Gasteiger partial charge on any atom is 0.348 e. The molecule has 1 aromatic heterocycles. The van der Waals surface area contributed by atoms with E-state index in [1.165, 1.54) is 36.1 Å². The molecule has 1 fully saturated rings. The quantitative estimate of drug-likeness (QED) is 0.131. The van der Waals surface area contributed by atoms with Gasteiger partial charge in [-0.3, -0.25) is 19.2 Å². The van der Waals surface area contributed by atoms with Crippen LogP contribution in [0.25, 0.3) is 0 Å². The molecule has 0 bridgehead atoms. The van der Waals surface area contributed by atoms with Gasteiger partial charge in [0.1, 0.15) is 6.10 Å². The van der Waals surface area contributed by atoms with E-state index in [-0.39, 0.29) is 17.2 Å². The molecule has 2 aromatic rings. The van der Waals surface area contributed by atoms with Crippen molar-refractivity contribution in [3.63, 3.8) is 0 Å². The minimum absolute atomic E-state index is 0.00376. The molecule has 41 heavy (non-hydrogen) atoms. The van der Waals surface area contributed by atoms with Gasteiger partial charge in [0.25, 0.3) is 11.2 Å². The summed E-state index contributed by atoms with van der Waals surface area (Å²) in [5, 5.41) is 44.5. The number of methoxy groups -OCH3 is 1. The number of aliphatic carboxylic acids is 2. The van der Waals surface area contributed by atoms with Crippen LogP contribution >= 0.6 is 0 Å². The second kappa shape index (κ2) is 12.4. The largest absolute Gasteiger partial charge is 0.479 e. The van der Waals surface area contributed by atoms with Crippen molar-refractivity contribution in [3.05, 3.63) is 62.4 Å². The van der Waals surface area contributed by atoms with Crippen LogP contribution in [-0.4, -0.2) is 92.1 Å². The highest BCUT2D eigenvalue weighted by molar-refractivity contribution is 6.02. The number of hydrogen-bond acceptors (Lipinski definition) is 9. The summed E-state index contributed by atoms with van der Waals surface area (Å²) in [6.07, 6.45) is 2.44. The Balaban J connectivity index is 1.88. The van der Waals surface area contributed by atoms with Gasteiger partial charge in [0.05, 0.1) is 6.61 Å². The molecule has 15 nitrogen and oxygen atoms in total. The predicted octanol–water partition coefficient (Wildman–Crippen LogP) is -1.20. The number of carboxylic acids is 2. The number of nitrogens with one attached hydrogen (secondary N) is 2. The molecule has 0 radical (unpaired) electrons. The Labute approximate surface area is 232 Å². The van der Waals surface area contributed by atoms with Crippen LogP contribution in [0.1, 0.15) is 23.8 Å². The number of nitrogens with zero attached hydrogens (tertiary/aromatic N) is 2. The Morgan fingerprint density at radius 1 is 1.17 bits per heavy atom. The van der Waals surface area contributed by atoms with E-state index >= 15 is 0 Å². The fourth-order valence-electron chi connectivity index (χ4n) is 4.28. The summed E-state index contributed by atoms with van der Waals surface area (Å²) in [5.41, 5.74) is -6.77. The molecule has 3 atom stereocenters. The molecule has 3 rings (SSSR count). The molecule has 1 saturated heterocycles. The summed E-state index contributed by atoms with van der Waals surface area (Å²) in [6.45, 7) is 1.38. The predicted molar refractivity (Wildman–Crippen MR) is 141 cm³/mol. The lowest BCUT2D eigenvalue weighted by atomic mass is 9.92. The number of rotatable bonds is 12. The fourth-order valence-corrected chi connectivity index (χ4v) is 4.28. The lowest BCUT2D eigenvalue weighted by Gasteiger charge is -2.36. The molecule has 1 aromatic carbocycles. The Morgan fingerprint density at radius 3 is 2.34 bits per heavy atom. The summed E-state index contributed by atoms with van der Waals surface area (Å²) >= 11 is 0. The van der Waals surface area contributed by atoms with Gasteiger partial charge in [-0.15, -0.1) is 6.42 Å². The van der Waals surface area contributed by atoms with Gasteiger partial charge in [0.15, 0.2) is 11.8 Å². The van der Waals surface area contributed by atoms with Crippen LogP contribution in [0.5, 0.6) is 0 Å². The number of urea groups is 1. The highest BCUT2D eigenvalue weighted by atomic mass is 16.6. The number of H-pyrrole nitrogens is 1. The Kier molecular flexibility index (Phi) is 9.35. The van der Waals surface area contributed by atoms with E-state index in [9.17, 15) is 44.4 Å². The fraction of sp³-hybridized carbons (Fsp3) is 0.423. The van der Waals surface area contributed by atoms with Gasteiger partial charge in [-0.1, -0.05) is 18.1 Å². The van der Waals surface area contributed by atoms with E-state index in [2.05, 4.69) is 5.32 Å². The second-order valence-electron chi connectivity index (χ2n) is 9.38. The standard InChI is InChI=1S/C26H30N4O11/c1-4-25(39,20(32)30-13-15(2)19(31)28-24(30)38)18(40-3)14-41-26(21(33)34,22(35)36)12-16-6-8-17(9-7-16)29-11-5-10-27-23(29)37/h1,6-9,13,18,20,32,39H,5,10-12,14H2,2-3H3,(H,27,37)(H,33,34)(H,35,36)(H,28,31,38)/t18-,20-,25-/m1/s1. The maximum absolute atomic E-state index is 12.3. The molecular formula is C26H30N4O11. The normalized spacial score (nSPS) is 16.7. The lowest BCUT2D eigenvalue weighted by Crippen LogP contribution is -2.57. The summed E-state index contributed by atoms with van der Waals surface area (Å²) < 4.78 is 11.1. The third-order valence-corrected chi connectivity index (χ3v) is 6.76. The number of aromatic nitrogens is 2. The van der Waals surface area contributed by atoms with Crippen LogP contribution in [0.3, 0.4) is 0 Å². The molecule has 0 aliphatic carbocycles. The third kappa shape index (κ3) is 6.15. The van der Waals surface area contributed by atoms with Crippen molar-refractivity contribution in [1.29, 1.82) is 0 Å². The number of aryl methyl sites for hydroxylation is 1. The van der Waals surface area contributed by atoms with E-state index < -0.39 is 59.7 Å². The zero-order valence-electron chi connectivity index (χ0n) is 22.2. The molecule has 15 heteroatoms.